The average Bonchev–Trinajstić information content (AvgIpc) is 3.16. The third-order valence-corrected chi connectivity index (χ3v) is 4.61. The van der Waals surface area contributed by atoms with Crippen molar-refractivity contribution in [1.82, 2.24) is 15.5 Å². The first-order valence-corrected chi connectivity index (χ1v) is 7.55. The van der Waals surface area contributed by atoms with Gasteiger partial charge in [0.25, 0.3) is 0 Å². The van der Waals surface area contributed by atoms with E-state index in [1.54, 1.807) is 0 Å². The van der Waals surface area contributed by atoms with Crippen LogP contribution in [-0.2, 0) is 4.79 Å². The number of hydrogen-bond donors (Lipinski definition) is 2. The third-order valence-electron chi connectivity index (χ3n) is 4.61. The van der Waals surface area contributed by atoms with Gasteiger partial charge < -0.3 is 15.5 Å². The molecule has 1 amide bonds. The molecule has 0 bridgehead atoms. The molecule has 2 unspecified atom stereocenters. The van der Waals surface area contributed by atoms with Crippen molar-refractivity contribution in [3.8, 4) is 0 Å². The SMILES string of the molecule is O=C(NCC1CCN(C2CC2)C1)C1CCCNC1. The maximum Gasteiger partial charge on any atom is 0.224 e. The minimum absolute atomic E-state index is 0.208. The lowest BCUT2D eigenvalue weighted by molar-refractivity contribution is -0.125. The second-order valence-corrected chi connectivity index (χ2v) is 6.17. The molecule has 1 aliphatic carbocycles. The Labute approximate surface area is 109 Å². The van der Waals surface area contributed by atoms with Crippen molar-refractivity contribution in [2.75, 3.05) is 32.7 Å². The van der Waals surface area contributed by atoms with Crippen LogP contribution in [0.2, 0.25) is 0 Å². The summed E-state index contributed by atoms with van der Waals surface area (Å²) >= 11 is 0. The van der Waals surface area contributed by atoms with E-state index in [1.807, 2.05) is 0 Å². The van der Waals surface area contributed by atoms with Crippen molar-refractivity contribution in [2.45, 2.75) is 38.1 Å². The fourth-order valence-corrected chi connectivity index (χ4v) is 3.27. The smallest absolute Gasteiger partial charge is 0.224 e. The Kier molecular flexibility index (Phi) is 3.85. The molecule has 0 aromatic rings. The van der Waals surface area contributed by atoms with Gasteiger partial charge in [-0.05, 0) is 51.1 Å². The molecule has 2 N–H and O–H groups in total. The Morgan fingerprint density at radius 1 is 1.28 bits per heavy atom. The third kappa shape index (κ3) is 3.04. The van der Waals surface area contributed by atoms with E-state index >= 15 is 0 Å². The molecule has 2 saturated heterocycles. The zero-order valence-electron chi connectivity index (χ0n) is 11.2. The number of carbonyl (C=O) groups is 1. The van der Waals surface area contributed by atoms with Crippen molar-refractivity contribution in [1.29, 1.82) is 0 Å². The Bertz CT molecular complexity index is 297. The number of likely N-dealkylation sites (tertiary alicyclic amines) is 1. The molecule has 3 fully saturated rings. The summed E-state index contributed by atoms with van der Waals surface area (Å²) in [6.45, 7) is 5.27. The molecule has 102 valence electrons. The number of hydrogen-bond acceptors (Lipinski definition) is 3. The lowest BCUT2D eigenvalue weighted by atomic mass is 9.98. The van der Waals surface area contributed by atoms with Gasteiger partial charge in [-0.25, -0.2) is 0 Å². The van der Waals surface area contributed by atoms with E-state index in [-0.39, 0.29) is 11.8 Å². The average molecular weight is 251 g/mol. The summed E-state index contributed by atoms with van der Waals surface area (Å²) in [6.07, 6.45) is 6.24. The molecular weight excluding hydrogens is 226 g/mol. The highest BCUT2D eigenvalue weighted by atomic mass is 16.1. The monoisotopic (exact) mass is 251 g/mol. The van der Waals surface area contributed by atoms with E-state index in [1.165, 1.54) is 32.4 Å². The quantitative estimate of drug-likeness (QED) is 0.768. The highest BCUT2D eigenvalue weighted by Gasteiger charge is 2.34. The van der Waals surface area contributed by atoms with Gasteiger partial charge in [0.1, 0.15) is 0 Å². The van der Waals surface area contributed by atoms with E-state index in [9.17, 15) is 4.79 Å². The standard InChI is InChI=1S/C14H25N3O/c18-14(12-2-1-6-15-9-12)16-8-11-5-7-17(10-11)13-3-4-13/h11-13,15H,1-10H2,(H,16,18). The van der Waals surface area contributed by atoms with Crippen LogP contribution in [0, 0.1) is 11.8 Å². The minimum Gasteiger partial charge on any atom is -0.355 e. The lowest BCUT2D eigenvalue weighted by Crippen LogP contribution is -2.42. The van der Waals surface area contributed by atoms with Gasteiger partial charge in [-0.1, -0.05) is 0 Å². The van der Waals surface area contributed by atoms with Crippen molar-refractivity contribution in [3.63, 3.8) is 0 Å². The van der Waals surface area contributed by atoms with E-state index in [0.717, 1.165) is 38.5 Å². The molecule has 2 heterocycles. The summed E-state index contributed by atoms with van der Waals surface area (Å²) < 4.78 is 0. The number of nitrogens with zero attached hydrogens (tertiary/aromatic N) is 1. The van der Waals surface area contributed by atoms with Gasteiger partial charge >= 0.3 is 0 Å². The zero-order chi connectivity index (χ0) is 12.4. The normalized spacial score (nSPS) is 33.6. The van der Waals surface area contributed by atoms with Gasteiger partial charge in [0.05, 0.1) is 5.92 Å². The van der Waals surface area contributed by atoms with Crippen molar-refractivity contribution < 1.29 is 4.79 Å². The molecule has 0 spiro atoms. The highest BCUT2D eigenvalue weighted by molar-refractivity contribution is 5.78. The number of nitrogens with one attached hydrogen (secondary N) is 2. The predicted molar refractivity (Wildman–Crippen MR) is 71.3 cm³/mol. The second kappa shape index (κ2) is 5.57. The van der Waals surface area contributed by atoms with Gasteiger partial charge in [-0.3, -0.25) is 4.79 Å². The second-order valence-electron chi connectivity index (χ2n) is 6.17. The van der Waals surface area contributed by atoms with Crippen LogP contribution in [0.4, 0.5) is 0 Å². The Morgan fingerprint density at radius 2 is 2.17 bits per heavy atom. The molecule has 3 rings (SSSR count). The van der Waals surface area contributed by atoms with Crippen LogP contribution in [0.25, 0.3) is 0 Å². The van der Waals surface area contributed by atoms with E-state index in [2.05, 4.69) is 15.5 Å². The molecule has 0 radical (unpaired) electrons. The predicted octanol–water partition coefficient (Wildman–Crippen LogP) is 0.587. The summed E-state index contributed by atoms with van der Waals surface area (Å²) in [5.74, 6) is 1.16. The molecule has 4 heteroatoms. The molecule has 18 heavy (non-hydrogen) atoms. The largest absolute Gasteiger partial charge is 0.355 e. The van der Waals surface area contributed by atoms with Gasteiger partial charge in [0.2, 0.25) is 5.91 Å². The minimum atomic E-state index is 0.208. The summed E-state index contributed by atoms with van der Waals surface area (Å²) in [7, 11) is 0. The molecule has 2 atom stereocenters. The number of rotatable bonds is 4. The number of amides is 1. The topological polar surface area (TPSA) is 44.4 Å². The lowest BCUT2D eigenvalue weighted by Gasteiger charge is -2.23. The first-order chi connectivity index (χ1) is 8.83. The fourth-order valence-electron chi connectivity index (χ4n) is 3.27. The number of piperidine rings is 1. The fraction of sp³-hybridized carbons (Fsp3) is 0.929. The Balaban J connectivity index is 1.37. The molecule has 0 aromatic heterocycles. The molecule has 2 aliphatic heterocycles. The van der Waals surface area contributed by atoms with Gasteiger partial charge in [-0.2, -0.15) is 0 Å². The van der Waals surface area contributed by atoms with Crippen LogP contribution in [0.5, 0.6) is 0 Å². The van der Waals surface area contributed by atoms with Gasteiger partial charge in [0, 0.05) is 25.7 Å². The first-order valence-electron chi connectivity index (χ1n) is 7.55. The van der Waals surface area contributed by atoms with Crippen LogP contribution in [0.3, 0.4) is 0 Å². The van der Waals surface area contributed by atoms with E-state index in [0.29, 0.717) is 5.92 Å². The van der Waals surface area contributed by atoms with Crippen LogP contribution < -0.4 is 10.6 Å². The summed E-state index contributed by atoms with van der Waals surface area (Å²) in [6, 6.07) is 0.883. The van der Waals surface area contributed by atoms with Crippen molar-refractivity contribution >= 4 is 5.91 Å². The Morgan fingerprint density at radius 3 is 2.89 bits per heavy atom. The summed E-state index contributed by atoms with van der Waals surface area (Å²) in [5, 5.41) is 6.47. The maximum absolute atomic E-state index is 12.0. The molecule has 4 nitrogen and oxygen atoms in total. The summed E-state index contributed by atoms with van der Waals surface area (Å²) in [4.78, 5) is 14.6. The van der Waals surface area contributed by atoms with E-state index < -0.39 is 0 Å². The van der Waals surface area contributed by atoms with Crippen molar-refractivity contribution in [3.05, 3.63) is 0 Å². The molecule has 0 aromatic carbocycles. The van der Waals surface area contributed by atoms with Crippen LogP contribution >= 0.6 is 0 Å². The molecule has 1 saturated carbocycles. The van der Waals surface area contributed by atoms with Crippen LogP contribution in [0.1, 0.15) is 32.1 Å². The molecular formula is C14H25N3O. The van der Waals surface area contributed by atoms with Gasteiger partial charge in [-0.15, -0.1) is 0 Å². The highest BCUT2D eigenvalue weighted by Crippen LogP contribution is 2.31. The van der Waals surface area contributed by atoms with Crippen LogP contribution in [-0.4, -0.2) is 49.6 Å². The van der Waals surface area contributed by atoms with Crippen LogP contribution in [0.15, 0.2) is 0 Å². The van der Waals surface area contributed by atoms with Crippen molar-refractivity contribution in [2.24, 2.45) is 11.8 Å². The maximum atomic E-state index is 12.0. The molecule has 3 aliphatic rings. The zero-order valence-corrected chi connectivity index (χ0v) is 11.2. The Hall–Kier alpha value is -0.610. The first kappa shape index (κ1) is 12.4. The number of carbonyl (C=O) groups excluding carboxylic acids is 1. The van der Waals surface area contributed by atoms with E-state index in [4.69, 9.17) is 0 Å². The van der Waals surface area contributed by atoms with Gasteiger partial charge in [0.15, 0.2) is 0 Å². The summed E-state index contributed by atoms with van der Waals surface area (Å²) in [5.41, 5.74) is 0.